The van der Waals surface area contributed by atoms with Crippen LogP contribution in [0.1, 0.15) is 18.5 Å². The van der Waals surface area contributed by atoms with Crippen LogP contribution in [0.15, 0.2) is 48.1 Å². The van der Waals surface area contributed by atoms with Crippen LogP contribution in [0, 0.1) is 0 Å². The van der Waals surface area contributed by atoms with Crippen molar-refractivity contribution in [3.8, 4) is 0 Å². The topological polar surface area (TPSA) is 73.9 Å². The normalized spacial score (nSPS) is 14.3. The van der Waals surface area contributed by atoms with Gasteiger partial charge in [-0.1, -0.05) is 6.08 Å². The molecule has 3 aromatic heterocycles. The SMILES string of the molecule is O=C(CCCl)N1CC=C(c2cc3c(Nc4ccc5ncsc5c4)ccnc3[nH]2)CC1. The Hall–Kier alpha value is -2.90. The number of carbonyl (C=O) groups is 1. The molecule has 2 N–H and O–H groups in total. The highest BCUT2D eigenvalue weighted by Gasteiger charge is 2.19. The zero-order valence-electron chi connectivity index (χ0n) is 16.2. The maximum atomic E-state index is 12.0. The fourth-order valence-corrected chi connectivity index (χ4v) is 4.65. The maximum absolute atomic E-state index is 12.0. The number of H-pyrrole nitrogens is 1. The molecule has 0 spiro atoms. The molecule has 4 aromatic rings. The number of thiazole rings is 1. The number of nitrogens with one attached hydrogen (secondary N) is 2. The molecule has 1 amide bonds. The number of benzene rings is 1. The number of carbonyl (C=O) groups excluding carboxylic acids is 1. The molecule has 0 radical (unpaired) electrons. The van der Waals surface area contributed by atoms with Gasteiger partial charge in [0.2, 0.25) is 5.91 Å². The van der Waals surface area contributed by atoms with E-state index in [9.17, 15) is 4.79 Å². The van der Waals surface area contributed by atoms with E-state index in [0.29, 0.717) is 25.4 Å². The van der Waals surface area contributed by atoms with Crippen LogP contribution in [-0.2, 0) is 4.79 Å². The number of alkyl halides is 1. The first-order valence-corrected chi connectivity index (χ1v) is 11.2. The van der Waals surface area contributed by atoms with Gasteiger partial charge in [0, 0.05) is 48.4 Å². The number of aromatic nitrogens is 3. The number of pyridine rings is 1. The summed E-state index contributed by atoms with van der Waals surface area (Å²) in [5.41, 5.74) is 8.00. The lowest BCUT2D eigenvalue weighted by atomic mass is 10.0. The first-order valence-electron chi connectivity index (χ1n) is 9.82. The molecule has 1 aliphatic rings. The number of amides is 1. The van der Waals surface area contributed by atoms with Gasteiger partial charge in [-0.2, -0.15) is 0 Å². The quantitative estimate of drug-likeness (QED) is 0.423. The summed E-state index contributed by atoms with van der Waals surface area (Å²) < 4.78 is 1.15. The van der Waals surface area contributed by atoms with Crippen molar-refractivity contribution in [2.24, 2.45) is 0 Å². The maximum Gasteiger partial charge on any atom is 0.224 e. The van der Waals surface area contributed by atoms with Crippen LogP contribution >= 0.6 is 22.9 Å². The standard InChI is InChI=1S/C22H20ClN5OS/c23-7-3-21(29)28-9-5-14(6-10-28)19-12-16-17(4-8-24-22(16)27-19)26-15-1-2-18-20(11-15)30-13-25-18/h1-2,4-5,8,11-13H,3,6-7,9-10H2,(H2,24,26,27). The van der Waals surface area contributed by atoms with E-state index < -0.39 is 0 Å². The third-order valence-corrected chi connectivity index (χ3v) is 6.34. The van der Waals surface area contributed by atoms with Crippen molar-refractivity contribution in [3.63, 3.8) is 0 Å². The molecular formula is C22H20ClN5OS. The summed E-state index contributed by atoms with van der Waals surface area (Å²) in [6, 6.07) is 10.3. The molecular weight excluding hydrogens is 418 g/mol. The minimum Gasteiger partial charge on any atom is -0.355 e. The van der Waals surface area contributed by atoms with Gasteiger partial charge < -0.3 is 15.2 Å². The molecule has 0 unspecified atom stereocenters. The predicted molar refractivity (Wildman–Crippen MR) is 124 cm³/mol. The smallest absolute Gasteiger partial charge is 0.224 e. The monoisotopic (exact) mass is 437 g/mol. The van der Waals surface area contributed by atoms with Gasteiger partial charge in [0.25, 0.3) is 0 Å². The number of halogens is 1. The van der Waals surface area contributed by atoms with Gasteiger partial charge in [-0.25, -0.2) is 9.97 Å². The second-order valence-corrected chi connectivity index (χ2v) is 8.49. The summed E-state index contributed by atoms with van der Waals surface area (Å²) in [5, 5.41) is 4.56. The van der Waals surface area contributed by atoms with Crippen LogP contribution in [0.3, 0.4) is 0 Å². The Kier molecular flexibility index (Phi) is 5.14. The van der Waals surface area contributed by atoms with Crippen LogP contribution in [0.5, 0.6) is 0 Å². The molecule has 1 aliphatic heterocycles. The minimum atomic E-state index is 0.114. The number of nitrogens with zero attached hydrogens (tertiary/aromatic N) is 3. The Morgan fingerprint density at radius 2 is 2.20 bits per heavy atom. The lowest BCUT2D eigenvalue weighted by Gasteiger charge is -2.26. The van der Waals surface area contributed by atoms with E-state index in [-0.39, 0.29) is 5.91 Å². The van der Waals surface area contributed by atoms with Crippen LogP contribution in [0.2, 0.25) is 0 Å². The highest BCUT2D eigenvalue weighted by Crippen LogP contribution is 2.31. The second kappa shape index (κ2) is 8.08. The molecule has 0 saturated heterocycles. The first-order chi connectivity index (χ1) is 14.7. The van der Waals surface area contributed by atoms with Gasteiger partial charge in [0.05, 0.1) is 21.4 Å². The molecule has 6 nitrogen and oxygen atoms in total. The number of fused-ring (bicyclic) bond motifs is 2. The zero-order valence-corrected chi connectivity index (χ0v) is 17.8. The van der Waals surface area contributed by atoms with Crippen LogP contribution in [-0.4, -0.2) is 44.7 Å². The Morgan fingerprint density at radius 3 is 3.03 bits per heavy atom. The second-order valence-electron chi connectivity index (χ2n) is 7.22. The largest absolute Gasteiger partial charge is 0.355 e. The van der Waals surface area contributed by atoms with E-state index in [1.54, 1.807) is 17.5 Å². The lowest BCUT2D eigenvalue weighted by molar-refractivity contribution is -0.130. The highest BCUT2D eigenvalue weighted by atomic mass is 35.5. The number of hydrogen-bond acceptors (Lipinski definition) is 5. The van der Waals surface area contributed by atoms with Crippen molar-refractivity contribution in [3.05, 3.63) is 53.8 Å². The van der Waals surface area contributed by atoms with Crippen LogP contribution in [0.25, 0.3) is 26.8 Å². The van der Waals surface area contributed by atoms with Gasteiger partial charge in [0.15, 0.2) is 0 Å². The molecule has 152 valence electrons. The van der Waals surface area contributed by atoms with Gasteiger partial charge in [-0.15, -0.1) is 22.9 Å². The predicted octanol–water partition coefficient (Wildman–Crippen LogP) is 5.16. The van der Waals surface area contributed by atoms with Crippen molar-refractivity contribution in [2.75, 3.05) is 24.3 Å². The minimum absolute atomic E-state index is 0.114. The van der Waals surface area contributed by atoms with Crippen molar-refractivity contribution in [2.45, 2.75) is 12.8 Å². The molecule has 0 saturated carbocycles. The van der Waals surface area contributed by atoms with Crippen molar-refractivity contribution in [1.29, 1.82) is 0 Å². The van der Waals surface area contributed by atoms with Crippen LogP contribution in [0.4, 0.5) is 11.4 Å². The fraction of sp³-hybridized carbons (Fsp3) is 0.227. The van der Waals surface area contributed by atoms with Gasteiger partial charge in [0.1, 0.15) is 5.65 Å². The number of rotatable bonds is 5. The number of hydrogen-bond donors (Lipinski definition) is 2. The molecule has 0 aliphatic carbocycles. The third kappa shape index (κ3) is 3.66. The molecule has 30 heavy (non-hydrogen) atoms. The fourth-order valence-electron chi connectivity index (χ4n) is 3.78. The van der Waals surface area contributed by atoms with Crippen molar-refractivity contribution in [1.82, 2.24) is 19.9 Å². The van der Waals surface area contributed by atoms with Crippen molar-refractivity contribution < 1.29 is 4.79 Å². The molecule has 4 heterocycles. The van der Waals surface area contributed by atoms with E-state index in [0.717, 1.165) is 44.7 Å². The third-order valence-electron chi connectivity index (χ3n) is 5.36. The summed E-state index contributed by atoms with van der Waals surface area (Å²) >= 11 is 7.33. The molecule has 5 rings (SSSR count). The Bertz CT molecular complexity index is 1260. The zero-order chi connectivity index (χ0) is 20.5. The van der Waals surface area contributed by atoms with E-state index in [1.807, 2.05) is 28.6 Å². The highest BCUT2D eigenvalue weighted by molar-refractivity contribution is 7.16. The number of aromatic amines is 1. The van der Waals surface area contributed by atoms with E-state index in [1.165, 1.54) is 5.57 Å². The van der Waals surface area contributed by atoms with E-state index in [2.05, 4.69) is 38.5 Å². The summed E-state index contributed by atoms with van der Waals surface area (Å²) in [4.78, 5) is 26.2. The van der Waals surface area contributed by atoms with Crippen molar-refractivity contribution >= 4 is 67.0 Å². The van der Waals surface area contributed by atoms with Crippen LogP contribution < -0.4 is 5.32 Å². The Morgan fingerprint density at radius 1 is 1.27 bits per heavy atom. The number of anilines is 2. The lowest BCUT2D eigenvalue weighted by Crippen LogP contribution is -2.34. The van der Waals surface area contributed by atoms with E-state index in [4.69, 9.17) is 11.6 Å². The molecule has 0 bridgehead atoms. The van der Waals surface area contributed by atoms with E-state index >= 15 is 0 Å². The Labute approximate surface area is 182 Å². The molecule has 8 heteroatoms. The molecule has 0 atom stereocenters. The summed E-state index contributed by atoms with van der Waals surface area (Å²) in [6.45, 7) is 1.33. The van der Waals surface area contributed by atoms with Gasteiger partial charge >= 0.3 is 0 Å². The summed E-state index contributed by atoms with van der Waals surface area (Å²) in [6.07, 6.45) is 5.12. The average molecular weight is 438 g/mol. The molecule has 0 fully saturated rings. The molecule has 1 aromatic carbocycles. The summed E-state index contributed by atoms with van der Waals surface area (Å²) in [5.74, 6) is 0.480. The average Bonchev–Trinajstić information content (AvgIpc) is 3.41. The van der Waals surface area contributed by atoms with Gasteiger partial charge in [-0.3, -0.25) is 4.79 Å². The van der Waals surface area contributed by atoms with Gasteiger partial charge in [-0.05, 0) is 42.3 Å². The summed E-state index contributed by atoms with van der Waals surface area (Å²) in [7, 11) is 0. The first kappa shape index (κ1) is 19.1. The Balaban J connectivity index is 1.40.